The Bertz CT molecular complexity index is 367. The highest BCUT2D eigenvalue weighted by Crippen LogP contribution is 2.18. The Morgan fingerprint density at radius 2 is 2.43 bits per heavy atom. The first-order valence-corrected chi connectivity index (χ1v) is 5.46. The van der Waals surface area contributed by atoms with Crippen LogP contribution in [-0.2, 0) is 4.84 Å². The summed E-state index contributed by atoms with van der Waals surface area (Å²) in [4.78, 5) is 5.13. The number of rotatable bonds is 2. The highest BCUT2D eigenvalue weighted by atomic mass is 79.9. The Morgan fingerprint density at radius 1 is 1.57 bits per heavy atom. The molecule has 0 bridgehead atoms. The summed E-state index contributed by atoms with van der Waals surface area (Å²) >= 11 is 3.32. The summed E-state index contributed by atoms with van der Waals surface area (Å²) in [5.41, 5.74) is 1.61. The van der Waals surface area contributed by atoms with Crippen molar-refractivity contribution < 1.29 is 9.23 Å². The van der Waals surface area contributed by atoms with Crippen LogP contribution in [0.3, 0.4) is 0 Å². The van der Waals surface area contributed by atoms with Gasteiger partial charge in [0, 0.05) is 17.3 Å². The predicted octanol–water partition coefficient (Wildman–Crippen LogP) is 2.71. The summed E-state index contributed by atoms with van der Waals surface area (Å²) in [6, 6.07) is 6.40. The summed E-state index contributed by atoms with van der Waals surface area (Å²) in [6.45, 7) is 0. The van der Waals surface area contributed by atoms with Gasteiger partial charge in [0.1, 0.15) is 11.9 Å². The fourth-order valence-electron chi connectivity index (χ4n) is 1.35. The average Bonchev–Trinajstić information content (AvgIpc) is 2.66. The van der Waals surface area contributed by atoms with Crippen LogP contribution in [-0.4, -0.2) is 17.1 Å². The molecule has 0 spiro atoms. The molecular weight excluding hydrogens is 249 g/mol. The lowest BCUT2D eigenvalue weighted by Crippen LogP contribution is -2.09. The first-order chi connectivity index (χ1) is 6.79. The third-order valence-corrected chi connectivity index (χ3v) is 2.79. The molecule has 0 aliphatic carbocycles. The van der Waals surface area contributed by atoms with Crippen molar-refractivity contribution in [2.24, 2.45) is 5.16 Å². The zero-order chi connectivity index (χ0) is 9.97. The van der Waals surface area contributed by atoms with E-state index < -0.39 is 0 Å². The lowest BCUT2D eigenvalue weighted by atomic mass is 10.1. The van der Waals surface area contributed by atoms with E-state index in [1.54, 1.807) is 6.07 Å². The van der Waals surface area contributed by atoms with Gasteiger partial charge in [-0.05, 0) is 12.1 Å². The molecule has 0 saturated carbocycles. The van der Waals surface area contributed by atoms with Crippen LogP contribution in [0.25, 0.3) is 0 Å². The Hall–Kier alpha value is -0.900. The van der Waals surface area contributed by atoms with Crippen molar-refractivity contribution in [1.29, 1.82) is 0 Å². The fourth-order valence-corrected chi connectivity index (χ4v) is 1.70. The minimum Gasteiger partial charge on any atom is -0.391 e. The van der Waals surface area contributed by atoms with Crippen LogP contribution in [0, 0.1) is 5.82 Å². The van der Waals surface area contributed by atoms with Crippen molar-refractivity contribution in [2.75, 3.05) is 5.33 Å². The molecule has 1 aromatic rings. The van der Waals surface area contributed by atoms with Gasteiger partial charge in [0.25, 0.3) is 0 Å². The summed E-state index contributed by atoms with van der Waals surface area (Å²) in [7, 11) is 0. The topological polar surface area (TPSA) is 21.6 Å². The van der Waals surface area contributed by atoms with Crippen LogP contribution >= 0.6 is 15.9 Å². The van der Waals surface area contributed by atoms with Crippen molar-refractivity contribution in [1.82, 2.24) is 0 Å². The van der Waals surface area contributed by atoms with E-state index in [1.807, 2.05) is 6.07 Å². The molecule has 0 aromatic heterocycles. The van der Waals surface area contributed by atoms with Crippen LogP contribution in [0.2, 0.25) is 0 Å². The molecule has 1 aromatic carbocycles. The molecule has 74 valence electrons. The molecule has 0 fully saturated rings. The van der Waals surface area contributed by atoms with E-state index in [0.717, 1.165) is 23.0 Å². The standard InChI is InChI=1S/C10H9BrFNO/c11-6-9-5-10(13-14-9)7-2-1-3-8(12)4-7/h1-4,9H,5-6H2/t9-/m0/s1. The van der Waals surface area contributed by atoms with E-state index >= 15 is 0 Å². The van der Waals surface area contributed by atoms with Crippen molar-refractivity contribution in [2.45, 2.75) is 12.5 Å². The molecule has 0 unspecified atom stereocenters. The molecular formula is C10H9BrFNO. The maximum absolute atomic E-state index is 12.9. The molecule has 1 heterocycles. The molecule has 0 N–H and O–H groups in total. The summed E-state index contributed by atoms with van der Waals surface area (Å²) in [5.74, 6) is -0.243. The lowest BCUT2D eigenvalue weighted by molar-refractivity contribution is 0.104. The average molecular weight is 258 g/mol. The summed E-state index contributed by atoms with van der Waals surface area (Å²) in [6.07, 6.45) is 0.808. The van der Waals surface area contributed by atoms with Gasteiger partial charge in [0.2, 0.25) is 0 Å². The van der Waals surface area contributed by atoms with Crippen molar-refractivity contribution in [3.05, 3.63) is 35.6 Å². The number of oxime groups is 1. The van der Waals surface area contributed by atoms with Crippen LogP contribution in [0.15, 0.2) is 29.4 Å². The number of halogens is 2. The van der Waals surface area contributed by atoms with E-state index in [4.69, 9.17) is 4.84 Å². The minimum absolute atomic E-state index is 0.0771. The van der Waals surface area contributed by atoms with Crippen LogP contribution < -0.4 is 0 Å². The Morgan fingerprint density at radius 3 is 3.07 bits per heavy atom. The van der Waals surface area contributed by atoms with Crippen molar-refractivity contribution >= 4 is 21.6 Å². The molecule has 2 nitrogen and oxygen atoms in total. The van der Waals surface area contributed by atoms with Gasteiger partial charge in [0.05, 0.1) is 5.71 Å². The van der Waals surface area contributed by atoms with Gasteiger partial charge in [-0.1, -0.05) is 33.2 Å². The molecule has 4 heteroatoms. The Balaban J connectivity index is 2.17. The van der Waals surface area contributed by atoms with Gasteiger partial charge in [-0.2, -0.15) is 0 Å². The zero-order valence-corrected chi connectivity index (χ0v) is 9.00. The van der Waals surface area contributed by atoms with E-state index in [2.05, 4.69) is 21.1 Å². The van der Waals surface area contributed by atoms with Crippen molar-refractivity contribution in [3.63, 3.8) is 0 Å². The molecule has 0 radical (unpaired) electrons. The van der Waals surface area contributed by atoms with Crippen LogP contribution in [0.4, 0.5) is 4.39 Å². The van der Waals surface area contributed by atoms with Crippen molar-refractivity contribution in [3.8, 4) is 0 Å². The highest BCUT2D eigenvalue weighted by Gasteiger charge is 2.20. The fraction of sp³-hybridized carbons (Fsp3) is 0.300. The first kappa shape index (κ1) is 9.65. The number of alkyl halides is 1. The van der Waals surface area contributed by atoms with Gasteiger partial charge in [-0.25, -0.2) is 4.39 Å². The summed E-state index contributed by atoms with van der Waals surface area (Å²) in [5, 5.41) is 4.66. The zero-order valence-electron chi connectivity index (χ0n) is 7.41. The second-order valence-electron chi connectivity index (χ2n) is 3.13. The summed E-state index contributed by atoms with van der Waals surface area (Å²) < 4.78 is 12.9. The van der Waals surface area contributed by atoms with Gasteiger partial charge in [-0.15, -0.1) is 0 Å². The number of benzene rings is 1. The molecule has 1 aliphatic heterocycles. The highest BCUT2D eigenvalue weighted by molar-refractivity contribution is 9.09. The van der Waals surface area contributed by atoms with Crippen LogP contribution in [0.1, 0.15) is 12.0 Å². The van der Waals surface area contributed by atoms with Crippen LogP contribution in [0.5, 0.6) is 0 Å². The minimum atomic E-state index is -0.243. The number of hydrogen-bond donors (Lipinski definition) is 0. The number of nitrogens with zero attached hydrogens (tertiary/aromatic N) is 1. The largest absolute Gasteiger partial charge is 0.391 e. The maximum Gasteiger partial charge on any atom is 0.142 e. The van der Waals surface area contributed by atoms with E-state index in [9.17, 15) is 4.39 Å². The molecule has 0 amide bonds. The van der Waals surface area contributed by atoms with Gasteiger partial charge >= 0.3 is 0 Å². The lowest BCUT2D eigenvalue weighted by Gasteiger charge is -2.01. The smallest absolute Gasteiger partial charge is 0.142 e. The third kappa shape index (κ3) is 1.95. The number of hydrogen-bond acceptors (Lipinski definition) is 2. The first-order valence-electron chi connectivity index (χ1n) is 4.34. The molecule has 14 heavy (non-hydrogen) atoms. The van der Waals surface area contributed by atoms with Gasteiger partial charge < -0.3 is 4.84 Å². The molecule has 0 saturated heterocycles. The molecule has 1 atom stereocenters. The van der Waals surface area contributed by atoms with Gasteiger partial charge in [0.15, 0.2) is 0 Å². The quantitative estimate of drug-likeness (QED) is 0.747. The van der Waals surface area contributed by atoms with E-state index in [0.29, 0.717) is 0 Å². The maximum atomic E-state index is 12.9. The second-order valence-corrected chi connectivity index (χ2v) is 3.78. The molecule has 2 rings (SSSR count). The normalized spacial score (nSPS) is 20.4. The van der Waals surface area contributed by atoms with Gasteiger partial charge in [-0.3, -0.25) is 0 Å². The van der Waals surface area contributed by atoms with E-state index in [1.165, 1.54) is 12.1 Å². The monoisotopic (exact) mass is 257 g/mol. The second kappa shape index (κ2) is 4.09. The predicted molar refractivity (Wildman–Crippen MR) is 56.2 cm³/mol. The Labute approximate surface area is 89.9 Å². The van der Waals surface area contributed by atoms with E-state index in [-0.39, 0.29) is 11.9 Å². The third-order valence-electron chi connectivity index (χ3n) is 2.06. The molecule has 1 aliphatic rings. The SMILES string of the molecule is Fc1cccc(C2=NO[C@H](CBr)C2)c1. The Kier molecular flexibility index (Phi) is 2.82.